The number of nitrogens with one attached hydrogen (secondary N) is 4. The Kier molecular flexibility index (Phi) is 18.7. The lowest BCUT2D eigenvalue weighted by molar-refractivity contribution is 0.0834. The first-order valence-electron chi connectivity index (χ1n) is 17.3. The molecular weight excluding hydrogens is 624 g/mol. The molecule has 2 aliphatic heterocycles. The number of hydrogen-bond acceptors (Lipinski definition) is 4. The average Bonchev–Trinajstić information content (AvgIpc) is 2.97. The Hall–Kier alpha value is 0.800. The number of unbranched alkanes of at least 4 members (excludes halogenated alkanes) is 3. The van der Waals surface area contributed by atoms with Crippen LogP contribution in [0.15, 0.2) is 0 Å². The quantitative estimate of drug-likeness (QED) is 0.0905. The summed E-state index contributed by atoms with van der Waals surface area (Å²) < 4.78 is 0.458. The lowest BCUT2D eigenvalue weighted by atomic mass is 9.71. The SMILES string of the molecule is CC(Br)Br.CCC1(CC)CC(NCCCCCCNC2CC(CC)(CC)NC(CC)(CC)C2)CC(CC)(CC)N1. The molecule has 0 aromatic carbocycles. The fourth-order valence-electron chi connectivity index (χ4n) is 7.73. The molecule has 2 rings (SSSR count). The molecule has 4 N–H and O–H groups in total. The van der Waals surface area contributed by atoms with Crippen LogP contribution in [0.25, 0.3) is 0 Å². The van der Waals surface area contributed by atoms with E-state index in [2.05, 4.69) is 109 Å². The molecule has 240 valence electrons. The van der Waals surface area contributed by atoms with Gasteiger partial charge in [-0.15, -0.1) is 0 Å². The third-order valence-corrected chi connectivity index (χ3v) is 11.0. The minimum absolute atomic E-state index is 0.322. The minimum Gasteiger partial charge on any atom is -0.314 e. The van der Waals surface area contributed by atoms with Gasteiger partial charge in [0.05, 0.1) is 3.74 Å². The molecule has 0 saturated carbocycles. The van der Waals surface area contributed by atoms with Crippen molar-refractivity contribution in [2.75, 3.05) is 13.1 Å². The first-order valence-corrected chi connectivity index (χ1v) is 19.2. The predicted octanol–water partition coefficient (Wildman–Crippen LogP) is 9.59. The van der Waals surface area contributed by atoms with Gasteiger partial charge in [-0.05, 0) is 110 Å². The zero-order valence-corrected chi connectivity index (χ0v) is 31.4. The van der Waals surface area contributed by atoms with Crippen molar-refractivity contribution >= 4 is 31.9 Å². The molecule has 0 spiro atoms. The maximum absolute atomic E-state index is 4.13. The summed E-state index contributed by atoms with van der Waals surface area (Å²) in [7, 11) is 0. The maximum Gasteiger partial charge on any atom is 0.0669 e. The van der Waals surface area contributed by atoms with E-state index in [4.69, 9.17) is 0 Å². The van der Waals surface area contributed by atoms with Gasteiger partial charge in [0, 0.05) is 34.2 Å². The van der Waals surface area contributed by atoms with Gasteiger partial charge in [0.15, 0.2) is 0 Å². The maximum atomic E-state index is 4.13. The van der Waals surface area contributed by atoms with Gasteiger partial charge in [0.1, 0.15) is 0 Å². The average molecular weight is 695 g/mol. The van der Waals surface area contributed by atoms with Gasteiger partial charge in [-0.2, -0.15) is 0 Å². The highest BCUT2D eigenvalue weighted by atomic mass is 79.9. The van der Waals surface area contributed by atoms with Gasteiger partial charge in [0.25, 0.3) is 0 Å². The van der Waals surface area contributed by atoms with Crippen LogP contribution in [0.1, 0.15) is 165 Å². The molecule has 0 aromatic rings. The van der Waals surface area contributed by atoms with Crippen LogP contribution in [0.5, 0.6) is 0 Å². The molecule has 2 heterocycles. The molecule has 0 aromatic heterocycles. The van der Waals surface area contributed by atoms with Crippen molar-refractivity contribution < 1.29 is 0 Å². The van der Waals surface area contributed by atoms with Crippen molar-refractivity contribution in [2.45, 2.75) is 203 Å². The van der Waals surface area contributed by atoms with E-state index in [1.807, 2.05) is 6.92 Å². The van der Waals surface area contributed by atoms with Crippen molar-refractivity contribution in [3.8, 4) is 0 Å². The number of rotatable bonds is 17. The van der Waals surface area contributed by atoms with Crippen LogP contribution >= 0.6 is 31.9 Å². The van der Waals surface area contributed by atoms with Crippen LogP contribution in [0.4, 0.5) is 0 Å². The van der Waals surface area contributed by atoms with Gasteiger partial charge < -0.3 is 21.3 Å². The van der Waals surface area contributed by atoms with Crippen LogP contribution in [0, 0.1) is 0 Å². The number of hydrogen-bond donors (Lipinski definition) is 4. The van der Waals surface area contributed by atoms with Crippen LogP contribution in [0.3, 0.4) is 0 Å². The van der Waals surface area contributed by atoms with E-state index in [-0.39, 0.29) is 0 Å². The highest BCUT2D eigenvalue weighted by Crippen LogP contribution is 2.38. The number of halogens is 2. The molecular formula is C34H70Br2N4. The molecule has 2 saturated heterocycles. The second-order valence-corrected chi connectivity index (χ2v) is 17.2. The molecule has 0 amide bonds. The summed E-state index contributed by atoms with van der Waals surface area (Å²) in [4.78, 5) is 0. The smallest absolute Gasteiger partial charge is 0.0669 e. The lowest BCUT2D eigenvalue weighted by Gasteiger charge is -2.52. The molecule has 0 unspecified atom stereocenters. The standard InChI is InChI=1S/C32H66N4.C2H4Br2/c1-9-29(10-2)23-27(24-30(11-3,12-4)35-29)33-21-19-17-18-20-22-34-28-25-31(13-5,14-6)36-32(15-7,16-8)26-28;1-2(3)4/h27-28,33-36H,9-26H2,1-8H3;2H,1H3. The van der Waals surface area contributed by atoms with Crippen molar-refractivity contribution in [2.24, 2.45) is 0 Å². The molecule has 4 nitrogen and oxygen atoms in total. The fourth-order valence-corrected chi connectivity index (χ4v) is 7.73. The molecule has 0 aliphatic carbocycles. The van der Waals surface area contributed by atoms with Crippen LogP contribution in [0.2, 0.25) is 0 Å². The monoisotopic (exact) mass is 692 g/mol. The molecule has 0 atom stereocenters. The van der Waals surface area contributed by atoms with Gasteiger partial charge >= 0.3 is 0 Å². The van der Waals surface area contributed by atoms with E-state index in [9.17, 15) is 0 Å². The molecule has 40 heavy (non-hydrogen) atoms. The summed E-state index contributed by atoms with van der Waals surface area (Å²) in [5.41, 5.74) is 1.29. The van der Waals surface area contributed by atoms with E-state index in [1.165, 1.54) is 116 Å². The van der Waals surface area contributed by atoms with Gasteiger partial charge in [-0.25, -0.2) is 0 Å². The van der Waals surface area contributed by atoms with Crippen LogP contribution in [-0.4, -0.2) is 51.1 Å². The van der Waals surface area contributed by atoms with E-state index < -0.39 is 0 Å². The largest absolute Gasteiger partial charge is 0.314 e. The highest BCUT2D eigenvalue weighted by molar-refractivity contribution is 9.24. The molecule has 2 fully saturated rings. The van der Waals surface area contributed by atoms with E-state index in [0.29, 0.717) is 38.0 Å². The normalized spacial score (nSPS) is 22.2. The summed E-state index contributed by atoms with van der Waals surface area (Å²) in [5.74, 6) is 0. The Balaban J connectivity index is 0.00000187. The van der Waals surface area contributed by atoms with E-state index in [1.54, 1.807) is 0 Å². The molecule has 0 radical (unpaired) electrons. The Morgan fingerprint density at radius 3 is 0.950 bits per heavy atom. The zero-order valence-electron chi connectivity index (χ0n) is 28.2. The Morgan fingerprint density at radius 2 is 0.750 bits per heavy atom. The second-order valence-electron chi connectivity index (χ2n) is 13.3. The summed E-state index contributed by atoms with van der Waals surface area (Å²) in [6.07, 6.45) is 20.4. The fraction of sp³-hybridized carbons (Fsp3) is 1.00. The van der Waals surface area contributed by atoms with Crippen LogP contribution < -0.4 is 21.3 Å². The topological polar surface area (TPSA) is 48.1 Å². The first-order chi connectivity index (χ1) is 19.0. The minimum atomic E-state index is 0.322. The summed E-state index contributed by atoms with van der Waals surface area (Å²) in [5, 5.41) is 16.3. The molecule has 2 aliphatic rings. The Labute approximate surface area is 268 Å². The molecule has 0 bridgehead atoms. The Morgan fingerprint density at radius 1 is 0.525 bits per heavy atom. The van der Waals surface area contributed by atoms with Gasteiger partial charge in [0.2, 0.25) is 0 Å². The van der Waals surface area contributed by atoms with Crippen molar-refractivity contribution in [1.82, 2.24) is 21.3 Å². The third-order valence-electron chi connectivity index (χ3n) is 11.0. The molecule has 6 heteroatoms. The lowest BCUT2D eigenvalue weighted by Crippen LogP contribution is -2.65. The van der Waals surface area contributed by atoms with Crippen molar-refractivity contribution in [3.05, 3.63) is 0 Å². The van der Waals surface area contributed by atoms with Crippen molar-refractivity contribution in [3.63, 3.8) is 0 Å². The van der Waals surface area contributed by atoms with Gasteiger partial charge in [-0.1, -0.05) is 100 Å². The van der Waals surface area contributed by atoms with Crippen molar-refractivity contribution in [1.29, 1.82) is 0 Å². The summed E-state index contributed by atoms with van der Waals surface area (Å²) >= 11 is 6.38. The van der Waals surface area contributed by atoms with Gasteiger partial charge in [-0.3, -0.25) is 0 Å². The third kappa shape index (κ3) is 12.1. The zero-order chi connectivity index (χ0) is 30.3. The highest BCUT2D eigenvalue weighted by Gasteiger charge is 2.45. The summed E-state index contributed by atoms with van der Waals surface area (Å²) in [6, 6.07) is 1.34. The second kappa shape index (κ2) is 19.2. The summed E-state index contributed by atoms with van der Waals surface area (Å²) in [6.45, 7) is 23.4. The predicted molar refractivity (Wildman–Crippen MR) is 187 cm³/mol. The van der Waals surface area contributed by atoms with E-state index >= 15 is 0 Å². The number of alkyl halides is 2. The van der Waals surface area contributed by atoms with E-state index in [0.717, 1.165) is 0 Å². The Bertz CT molecular complexity index is 545. The van der Waals surface area contributed by atoms with Crippen LogP contribution in [-0.2, 0) is 0 Å². The first kappa shape index (κ1) is 38.8. The number of piperidine rings is 2.